The molecule has 9 nitrogen and oxygen atoms in total. The standard InChI is InChI=1S/C14H26N4O5S/c1-7(2)11(14(22)23)18-13(21)9(4-5-24-3)17-12(20)8(15)6-10(16)19/h7-9,11H,4-6,15H2,1-3H3,(H2,16,19)(H,17,20)(H,18,21)(H,22,23). The van der Waals surface area contributed by atoms with E-state index in [9.17, 15) is 19.2 Å². The second kappa shape index (κ2) is 10.9. The minimum Gasteiger partial charge on any atom is -0.480 e. The quantitative estimate of drug-likeness (QED) is 0.303. The largest absolute Gasteiger partial charge is 0.480 e. The molecule has 0 rings (SSSR count). The van der Waals surface area contributed by atoms with Crippen LogP contribution in [0.1, 0.15) is 26.7 Å². The van der Waals surface area contributed by atoms with E-state index in [0.717, 1.165) is 0 Å². The number of hydrogen-bond acceptors (Lipinski definition) is 6. The van der Waals surface area contributed by atoms with Gasteiger partial charge in [0.1, 0.15) is 12.1 Å². The molecule has 0 saturated heterocycles. The van der Waals surface area contributed by atoms with Gasteiger partial charge < -0.3 is 27.2 Å². The van der Waals surface area contributed by atoms with E-state index in [2.05, 4.69) is 10.6 Å². The van der Waals surface area contributed by atoms with Gasteiger partial charge in [-0.2, -0.15) is 11.8 Å². The van der Waals surface area contributed by atoms with Crippen LogP contribution in [0.3, 0.4) is 0 Å². The van der Waals surface area contributed by atoms with Crippen molar-refractivity contribution in [1.82, 2.24) is 10.6 Å². The Labute approximate surface area is 145 Å². The van der Waals surface area contributed by atoms with Gasteiger partial charge in [-0.3, -0.25) is 14.4 Å². The van der Waals surface area contributed by atoms with E-state index in [1.165, 1.54) is 11.8 Å². The molecule has 24 heavy (non-hydrogen) atoms. The summed E-state index contributed by atoms with van der Waals surface area (Å²) in [6, 6.07) is -3.16. The Morgan fingerprint density at radius 1 is 1.12 bits per heavy atom. The maximum absolute atomic E-state index is 12.3. The maximum atomic E-state index is 12.3. The van der Waals surface area contributed by atoms with E-state index < -0.39 is 41.8 Å². The lowest BCUT2D eigenvalue weighted by Gasteiger charge is -2.24. The van der Waals surface area contributed by atoms with Crippen LogP contribution in [0.25, 0.3) is 0 Å². The Morgan fingerprint density at radius 3 is 2.12 bits per heavy atom. The lowest BCUT2D eigenvalue weighted by Crippen LogP contribution is -2.55. The van der Waals surface area contributed by atoms with Crippen molar-refractivity contribution in [1.29, 1.82) is 0 Å². The third-order valence-electron chi connectivity index (χ3n) is 3.23. The van der Waals surface area contributed by atoms with Gasteiger partial charge in [0.05, 0.1) is 12.5 Å². The number of rotatable bonds is 11. The van der Waals surface area contributed by atoms with Crippen LogP contribution >= 0.6 is 11.8 Å². The number of carbonyl (C=O) groups excluding carboxylic acids is 3. The minimum atomic E-state index is -1.16. The lowest BCUT2D eigenvalue weighted by atomic mass is 10.0. The molecule has 0 aromatic rings. The molecule has 0 radical (unpaired) electrons. The fraction of sp³-hybridized carbons (Fsp3) is 0.714. The summed E-state index contributed by atoms with van der Waals surface area (Å²) in [4.78, 5) is 46.3. The molecule has 0 aromatic heterocycles. The van der Waals surface area contributed by atoms with Gasteiger partial charge in [0.15, 0.2) is 0 Å². The first-order chi connectivity index (χ1) is 11.1. The Morgan fingerprint density at radius 2 is 1.71 bits per heavy atom. The Kier molecular flexibility index (Phi) is 10.0. The summed E-state index contributed by atoms with van der Waals surface area (Å²) in [5, 5.41) is 14.0. The maximum Gasteiger partial charge on any atom is 0.326 e. The van der Waals surface area contributed by atoms with E-state index >= 15 is 0 Å². The van der Waals surface area contributed by atoms with Gasteiger partial charge in [0, 0.05) is 0 Å². The molecule has 0 spiro atoms. The predicted molar refractivity (Wildman–Crippen MR) is 91.1 cm³/mol. The zero-order valence-electron chi connectivity index (χ0n) is 14.1. The molecule has 0 aliphatic carbocycles. The fourth-order valence-electron chi connectivity index (χ4n) is 1.86. The summed E-state index contributed by atoms with van der Waals surface area (Å²) < 4.78 is 0. The molecule has 0 bridgehead atoms. The molecule has 138 valence electrons. The average Bonchev–Trinajstić information content (AvgIpc) is 2.46. The first-order valence-electron chi connectivity index (χ1n) is 7.46. The van der Waals surface area contributed by atoms with E-state index in [1.54, 1.807) is 13.8 Å². The van der Waals surface area contributed by atoms with E-state index in [0.29, 0.717) is 12.2 Å². The summed E-state index contributed by atoms with van der Waals surface area (Å²) in [6.45, 7) is 3.33. The predicted octanol–water partition coefficient (Wildman–Crippen LogP) is -1.35. The third-order valence-corrected chi connectivity index (χ3v) is 3.88. The molecular weight excluding hydrogens is 336 g/mol. The highest BCUT2D eigenvalue weighted by Crippen LogP contribution is 2.06. The van der Waals surface area contributed by atoms with Crippen molar-refractivity contribution in [2.24, 2.45) is 17.4 Å². The minimum absolute atomic E-state index is 0.298. The molecule has 0 aliphatic rings. The van der Waals surface area contributed by atoms with Gasteiger partial charge in [0.25, 0.3) is 0 Å². The number of hydrogen-bond donors (Lipinski definition) is 5. The molecule has 0 fully saturated rings. The van der Waals surface area contributed by atoms with Gasteiger partial charge >= 0.3 is 5.97 Å². The van der Waals surface area contributed by atoms with Crippen molar-refractivity contribution in [3.8, 4) is 0 Å². The molecule has 0 aromatic carbocycles. The first-order valence-corrected chi connectivity index (χ1v) is 8.85. The van der Waals surface area contributed by atoms with Crippen molar-refractivity contribution in [3.05, 3.63) is 0 Å². The van der Waals surface area contributed by atoms with Crippen LogP contribution < -0.4 is 22.1 Å². The van der Waals surface area contributed by atoms with Gasteiger partial charge in [-0.05, 0) is 24.3 Å². The van der Waals surface area contributed by atoms with Crippen molar-refractivity contribution in [2.45, 2.75) is 44.8 Å². The summed E-state index contributed by atoms with van der Waals surface area (Å²) in [5.41, 5.74) is 10.5. The second-order valence-electron chi connectivity index (χ2n) is 5.69. The normalized spacial score (nSPS) is 14.5. The van der Waals surface area contributed by atoms with Crippen LogP contribution in [0.15, 0.2) is 0 Å². The molecule has 0 heterocycles. The molecule has 3 amide bonds. The molecule has 3 atom stereocenters. The molecule has 0 saturated carbocycles. The van der Waals surface area contributed by atoms with Crippen molar-refractivity contribution in [3.63, 3.8) is 0 Å². The smallest absolute Gasteiger partial charge is 0.326 e. The van der Waals surface area contributed by atoms with Crippen LogP contribution in [0.5, 0.6) is 0 Å². The Balaban J connectivity index is 4.97. The number of carboxylic acids is 1. The highest BCUT2D eigenvalue weighted by Gasteiger charge is 2.29. The Hall–Kier alpha value is -1.81. The Bertz CT molecular complexity index is 472. The number of nitrogens with two attached hydrogens (primary N) is 2. The van der Waals surface area contributed by atoms with Gasteiger partial charge in [-0.15, -0.1) is 0 Å². The average molecular weight is 362 g/mol. The van der Waals surface area contributed by atoms with Crippen LogP contribution in [-0.2, 0) is 19.2 Å². The van der Waals surface area contributed by atoms with E-state index in [4.69, 9.17) is 16.6 Å². The van der Waals surface area contributed by atoms with Crippen molar-refractivity contribution < 1.29 is 24.3 Å². The summed E-state index contributed by atoms with van der Waals surface area (Å²) >= 11 is 1.47. The highest BCUT2D eigenvalue weighted by molar-refractivity contribution is 7.98. The van der Waals surface area contributed by atoms with Crippen LogP contribution in [0, 0.1) is 5.92 Å². The number of aliphatic carboxylic acids is 1. The summed E-state index contributed by atoms with van der Waals surface area (Å²) in [7, 11) is 0. The number of thioether (sulfide) groups is 1. The lowest BCUT2D eigenvalue weighted by molar-refractivity contribution is -0.143. The number of carbonyl (C=O) groups is 4. The van der Waals surface area contributed by atoms with E-state index in [1.807, 2.05) is 6.26 Å². The van der Waals surface area contributed by atoms with E-state index in [-0.39, 0.29) is 12.3 Å². The van der Waals surface area contributed by atoms with Gasteiger partial charge in [-0.1, -0.05) is 13.8 Å². The fourth-order valence-corrected chi connectivity index (χ4v) is 2.33. The number of nitrogens with one attached hydrogen (secondary N) is 2. The van der Waals surface area contributed by atoms with Crippen molar-refractivity contribution in [2.75, 3.05) is 12.0 Å². The third kappa shape index (κ3) is 8.16. The summed E-state index contributed by atoms with van der Waals surface area (Å²) in [5.74, 6) is -2.92. The number of amides is 3. The second-order valence-corrected chi connectivity index (χ2v) is 6.67. The molecular formula is C14H26N4O5S. The molecule has 0 aliphatic heterocycles. The SMILES string of the molecule is CSCCC(NC(=O)C(N)CC(N)=O)C(=O)NC(C(=O)O)C(C)C. The topological polar surface area (TPSA) is 165 Å². The van der Waals surface area contributed by atoms with Gasteiger partial charge in [0.2, 0.25) is 17.7 Å². The zero-order chi connectivity index (χ0) is 18.9. The summed E-state index contributed by atoms with van der Waals surface area (Å²) in [6.07, 6.45) is 1.79. The zero-order valence-corrected chi connectivity index (χ0v) is 14.9. The van der Waals surface area contributed by atoms with Crippen molar-refractivity contribution >= 4 is 35.5 Å². The van der Waals surface area contributed by atoms with Gasteiger partial charge in [-0.25, -0.2) is 4.79 Å². The number of carboxylic acid groups (broad SMARTS) is 1. The molecule has 10 heteroatoms. The highest BCUT2D eigenvalue weighted by atomic mass is 32.2. The van der Waals surface area contributed by atoms with Crippen LogP contribution in [-0.4, -0.2) is 58.9 Å². The van der Waals surface area contributed by atoms with Crippen LogP contribution in [0.2, 0.25) is 0 Å². The van der Waals surface area contributed by atoms with Crippen LogP contribution in [0.4, 0.5) is 0 Å². The number of primary amides is 1. The molecule has 3 unspecified atom stereocenters. The first kappa shape index (κ1) is 22.2. The monoisotopic (exact) mass is 362 g/mol. The molecule has 7 N–H and O–H groups in total.